The molecule has 1 spiro atoms. The van der Waals surface area contributed by atoms with Crippen LogP contribution in [0.1, 0.15) is 46.5 Å². The number of esters is 1. The lowest BCUT2D eigenvalue weighted by atomic mass is 9.77. The second kappa shape index (κ2) is 7.50. The van der Waals surface area contributed by atoms with E-state index in [2.05, 4.69) is 0 Å². The molecule has 0 radical (unpaired) electrons. The standard InChI is InChI=1S/C25H21ClO5/c1-3-28-16-6-9-20-22(12-16)30-23-13-17(29-4-2)7-10-21(23)25(20)19-8-5-15(14-26)11-18(19)24(27)31-25/h5-13H,3-4,14H2,1-2H3. The zero-order chi connectivity index (χ0) is 21.6. The van der Waals surface area contributed by atoms with Crippen molar-refractivity contribution in [3.05, 3.63) is 82.4 Å². The van der Waals surface area contributed by atoms with E-state index in [1.54, 1.807) is 6.07 Å². The molecule has 31 heavy (non-hydrogen) atoms. The van der Waals surface area contributed by atoms with Crippen molar-refractivity contribution in [2.75, 3.05) is 13.2 Å². The molecule has 6 heteroatoms. The van der Waals surface area contributed by atoms with E-state index in [4.69, 9.17) is 30.5 Å². The Morgan fingerprint density at radius 2 is 1.42 bits per heavy atom. The molecule has 2 aliphatic heterocycles. The van der Waals surface area contributed by atoms with E-state index in [0.29, 0.717) is 47.7 Å². The molecule has 0 bridgehead atoms. The van der Waals surface area contributed by atoms with Crippen LogP contribution in [0.5, 0.6) is 23.0 Å². The molecule has 0 aliphatic carbocycles. The number of rotatable bonds is 5. The van der Waals surface area contributed by atoms with Crippen LogP contribution >= 0.6 is 11.6 Å². The number of carbonyl (C=O) groups is 1. The number of carbonyl (C=O) groups excluding carboxylic acids is 1. The van der Waals surface area contributed by atoms with Crippen LogP contribution in [0.15, 0.2) is 54.6 Å². The van der Waals surface area contributed by atoms with Gasteiger partial charge in [-0.3, -0.25) is 0 Å². The highest BCUT2D eigenvalue weighted by Gasteiger charge is 2.53. The van der Waals surface area contributed by atoms with Gasteiger partial charge in [0.2, 0.25) is 0 Å². The molecular formula is C25H21ClO5. The smallest absolute Gasteiger partial charge is 0.340 e. The van der Waals surface area contributed by atoms with Crippen LogP contribution < -0.4 is 14.2 Å². The third kappa shape index (κ3) is 2.95. The summed E-state index contributed by atoms with van der Waals surface area (Å²) in [6.45, 7) is 4.92. The molecule has 0 saturated heterocycles. The van der Waals surface area contributed by atoms with Crippen LogP contribution in [0.4, 0.5) is 0 Å². The number of ether oxygens (including phenoxy) is 4. The van der Waals surface area contributed by atoms with Crippen molar-refractivity contribution in [3.63, 3.8) is 0 Å². The number of fused-ring (bicyclic) bond motifs is 6. The predicted molar refractivity (Wildman–Crippen MR) is 117 cm³/mol. The summed E-state index contributed by atoms with van der Waals surface area (Å²) in [5, 5.41) is 0. The lowest BCUT2D eigenvalue weighted by molar-refractivity contribution is 0.0224. The Kier molecular flexibility index (Phi) is 4.78. The van der Waals surface area contributed by atoms with Crippen molar-refractivity contribution in [2.24, 2.45) is 0 Å². The van der Waals surface area contributed by atoms with Crippen molar-refractivity contribution in [1.29, 1.82) is 0 Å². The molecular weight excluding hydrogens is 416 g/mol. The van der Waals surface area contributed by atoms with Gasteiger partial charge < -0.3 is 18.9 Å². The minimum Gasteiger partial charge on any atom is -0.494 e. The second-order valence-electron chi connectivity index (χ2n) is 7.37. The monoisotopic (exact) mass is 436 g/mol. The van der Waals surface area contributed by atoms with Crippen molar-refractivity contribution in [1.82, 2.24) is 0 Å². The molecule has 0 unspecified atom stereocenters. The minimum atomic E-state index is -1.12. The van der Waals surface area contributed by atoms with Gasteiger partial charge in [-0.25, -0.2) is 4.79 Å². The van der Waals surface area contributed by atoms with Crippen LogP contribution in [-0.4, -0.2) is 19.2 Å². The highest BCUT2D eigenvalue weighted by Crippen LogP contribution is 2.57. The van der Waals surface area contributed by atoms with Crippen molar-refractivity contribution in [3.8, 4) is 23.0 Å². The summed E-state index contributed by atoms with van der Waals surface area (Å²) in [6, 6.07) is 16.8. The lowest BCUT2D eigenvalue weighted by Gasteiger charge is -2.36. The molecule has 0 saturated carbocycles. The quantitative estimate of drug-likeness (QED) is 0.374. The molecule has 5 nitrogen and oxygen atoms in total. The lowest BCUT2D eigenvalue weighted by Crippen LogP contribution is -2.33. The molecule has 5 rings (SSSR count). The first-order valence-electron chi connectivity index (χ1n) is 10.3. The summed E-state index contributed by atoms with van der Waals surface area (Å²) in [7, 11) is 0. The fraction of sp³-hybridized carbons (Fsp3) is 0.240. The zero-order valence-electron chi connectivity index (χ0n) is 17.2. The fourth-order valence-corrected chi connectivity index (χ4v) is 4.50. The maximum atomic E-state index is 13.0. The fourth-order valence-electron chi connectivity index (χ4n) is 4.33. The van der Waals surface area contributed by atoms with E-state index in [9.17, 15) is 4.79 Å². The van der Waals surface area contributed by atoms with Crippen molar-refractivity contribution < 1.29 is 23.7 Å². The molecule has 3 aromatic carbocycles. The van der Waals surface area contributed by atoms with Crippen LogP contribution in [-0.2, 0) is 16.2 Å². The number of halogens is 1. The summed E-state index contributed by atoms with van der Waals surface area (Å²) >= 11 is 6.01. The topological polar surface area (TPSA) is 54.0 Å². The number of alkyl halides is 1. The van der Waals surface area contributed by atoms with E-state index in [1.165, 1.54) is 0 Å². The average molecular weight is 437 g/mol. The third-order valence-electron chi connectivity index (χ3n) is 5.59. The Bertz CT molecular complexity index is 1130. The van der Waals surface area contributed by atoms with Gasteiger partial charge in [-0.05, 0) is 49.7 Å². The van der Waals surface area contributed by atoms with Gasteiger partial charge >= 0.3 is 5.97 Å². The van der Waals surface area contributed by atoms with Gasteiger partial charge in [-0.15, -0.1) is 11.6 Å². The van der Waals surface area contributed by atoms with Gasteiger partial charge in [0.25, 0.3) is 0 Å². The molecule has 0 amide bonds. The first-order chi connectivity index (χ1) is 15.1. The van der Waals surface area contributed by atoms with E-state index in [0.717, 1.165) is 22.3 Å². The summed E-state index contributed by atoms with van der Waals surface area (Å²) < 4.78 is 23.8. The summed E-state index contributed by atoms with van der Waals surface area (Å²) in [4.78, 5) is 13.0. The Morgan fingerprint density at radius 1 is 0.839 bits per heavy atom. The van der Waals surface area contributed by atoms with Gasteiger partial charge in [0.1, 0.15) is 23.0 Å². The van der Waals surface area contributed by atoms with Crippen LogP contribution in [0.3, 0.4) is 0 Å². The minimum absolute atomic E-state index is 0.319. The van der Waals surface area contributed by atoms with E-state index < -0.39 is 5.60 Å². The first-order valence-corrected chi connectivity index (χ1v) is 10.8. The number of hydrogen-bond donors (Lipinski definition) is 0. The Balaban J connectivity index is 1.78. The number of benzene rings is 3. The molecule has 0 N–H and O–H groups in total. The molecule has 0 aromatic heterocycles. The zero-order valence-corrected chi connectivity index (χ0v) is 18.0. The normalized spacial score (nSPS) is 14.9. The Morgan fingerprint density at radius 3 is 1.97 bits per heavy atom. The van der Waals surface area contributed by atoms with E-state index in [-0.39, 0.29) is 5.97 Å². The first kappa shape index (κ1) is 19.8. The Hall–Kier alpha value is -3.18. The summed E-state index contributed by atoms with van der Waals surface area (Å²) in [5.74, 6) is 2.46. The van der Waals surface area contributed by atoms with Gasteiger partial charge in [-0.1, -0.05) is 12.1 Å². The van der Waals surface area contributed by atoms with Crippen LogP contribution in [0.25, 0.3) is 0 Å². The molecule has 0 atom stereocenters. The predicted octanol–water partition coefficient (Wildman–Crippen LogP) is 5.79. The summed E-state index contributed by atoms with van der Waals surface area (Å²) in [5.41, 5.74) is 2.53. The molecule has 158 valence electrons. The average Bonchev–Trinajstić information content (AvgIpc) is 3.06. The van der Waals surface area contributed by atoms with Gasteiger partial charge in [0, 0.05) is 34.7 Å². The molecule has 0 fully saturated rings. The third-order valence-corrected chi connectivity index (χ3v) is 5.90. The molecule has 3 aromatic rings. The van der Waals surface area contributed by atoms with Crippen molar-refractivity contribution >= 4 is 17.6 Å². The SMILES string of the molecule is CCOc1ccc2c(c1)Oc1cc(OCC)ccc1C21OC(=O)c2cc(CCl)ccc21. The van der Waals surface area contributed by atoms with Gasteiger partial charge in [0.15, 0.2) is 5.60 Å². The highest BCUT2D eigenvalue weighted by molar-refractivity contribution is 6.17. The van der Waals surface area contributed by atoms with Gasteiger partial charge in [-0.2, -0.15) is 0 Å². The van der Waals surface area contributed by atoms with E-state index >= 15 is 0 Å². The summed E-state index contributed by atoms with van der Waals surface area (Å²) in [6.07, 6.45) is 0. The van der Waals surface area contributed by atoms with E-state index in [1.807, 2.05) is 62.4 Å². The van der Waals surface area contributed by atoms with Gasteiger partial charge in [0.05, 0.1) is 18.8 Å². The Labute approximate surface area is 185 Å². The number of hydrogen-bond acceptors (Lipinski definition) is 5. The highest BCUT2D eigenvalue weighted by atomic mass is 35.5. The maximum absolute atomic E-state index is 13.0. The largest absolute Gasteiger partial charge is 0.494 e. The second-order valence-corrected chi connectivity index (χ2v) is 7.64. The maximum Gasteiger partial charge on any atom is 0.340 e. The molecule has 2 heterocycles. The van der Waals surface area contributed by atoms with Crippen LogP contribution in [0, 0.1) is 0 Å². The van der Waals surface area contributed by atoms with Crippen LogP contribution in [0.2, 0.25) is 0 Å². The molecule has 2 aliphatic rings. The van der Waals surface area contributed by atoms with Crippen molar-refractivity contribution in [2.45, 2.75) is 25.3 Å².